The lowest BCUT2D eigenvalue weighted by Gasteiger charge is -2.10. The average Bonchev–Trinajstić information content (AvgIpc) is 3.34. The summed E-state index contributed by atoms with van der Waals surface area (Å²) >= 11 is 0. The number of anilines is 2. The van der Waals surface area contributed by atoms with E-state index in [1.165, 1.54) is 0 Å². The summed E-state index contributed by atoms with van der Waals surface area (Å²) in [5.74, 6) is 1.03. The Labute approximate surface area is 128 Å². The van der Waals surface area contributed by atoms with E-state index in [0.29, 0.717) is 29.9 Å². The molecule has 0 atom stereocenters. The van der Waals surface area contributed by atoms with Gasteiger partial charge in [0.25, 0.3) is 5.91 Å². The Morgan fingerprint density at radius 1 is 1.23 bits per heavy atom. The molecular formula is C16H18N4O2. The number of carbonyl (C=O) groups is 1. The maximum Gasteiger partial charge on any atom is 0.276 e. The van der Waals surface area contributed by atoms with Crippen molar-refractivity contribution in [2.45, 2.75) is 25.8 Å². The summed E-state index contributed by atoms with van der Waals surface area (Å²) < 4.78 is 5.48. The zero-order valence-electron chi connectivity index (χ0n) is 12.4. The normalized spacial score (nSPS) is 13.5. The largest absolute Gasteiger partial charge is 0.492 e. The molecule has 0 radical (unpaired) electrons. The third kappa shape index (κ3) is 3.52. The van der Waals surface area contributed by atoms with E-state index in [4.69, 9.17) is 4.74 Å². The second kappa shape index (κ2) is 6.43. The van der Waals surface area contributed by atoms with Gasteiger partial charge < -0.3 is 15.4 Å². The van der Waals surface area contributed by atoms with E-state index in [2.05, 4.69) is 20.8 Å². The lowest BCUT2D eigenvalue weighted by Crippen LogP contribution is -2.15. The Hall–Kier alpha value is -2.63. The van der Waals surface area contributed by atoms with E-state index < -0.39 is 0 Å². The standard InChI is InChI=1S/C16H18N4O2/c1-2-22-14-6-4-3-5-12(14)18-16(21)13-9-10-15(20-19-13)17-11-7-8-11/h3-6,9-11H,2,7-8H2,1H3,(H,17,20)(H,18,21). The van der Waals surface area contributed by atoms with Gasteiger partial charge in [-0.1, -0.05) is 12.1 Å². The Morgan fingerprint density at radius 3 is 2.73 bits per heavy atom. The van der Waals surface area contributed by atoms with Gasteiger partial charge in [0.2, 0.25) is 0 Å². The molecule has 6 heteroatoms. The number of ether oxygens (including phenoxy) is 1. The van der Waals surface area contributed by atoms with Gasteiger partial charge in [0.05, 0.1) is 12.3 Å². The third-order valence-corrected chi connectivity index (χ3v) is 3.26. The molecular weight excluding hydrogens is 280 g/mol. The first-order chi connectivity index (χ1) is 10.8. The number of carbonyl (C=O) groups excluding carboxylic acids is 1. The van der Waals surface area contributed by atoms with Crippen LogP contribution in [0.4, 0.5) is 11.5 Å². The lowest BCUT2D eigenvalue weighted by atomic mass is 10.2. The summed E-state index contributed by atoms with van der Waals surface area (Å²) in [5.41, 5.74) is 0.893. The van der Waals surface area contributed by atoms with Crippen LogP contribution >= 0.6 is 0 Å². The highest BCUT2D eigenvalue weighted by Gasteiger charge is 2.21. The minimum atomic E-state index is -0.308. The highest BCUT2D eigenvalue weighted by atomic mass is 16.5. The van der Waals surface area contributed by atoms with Crippen LogP contribution in [0.3, 0.4) is 0 Å². The molecule has 1 fully saturated rings. The van der Waals surface area contributed by atoms with Crippen LogP contribution in [0.5, 0.6) is 5.75 Å². The number of amides is 1. The van der Waals surface area contributed by atoms with E-state index in [1.807, 2.05) is 25.1 Å². The van der Waals surface area contributed by atoms with Gasteiger partial charge in [0.15, 0.2) is 5.69 Å². The van der Waals surface area contributed by atoms with Crippen LogP contribution in [-0.2, 0) is 0 Å². The molecule has 3 rings (SSSR count). The molecule has 0 bridgehead atoms. The van der Waals surface area contributed by atoms with Crippen LogP contribution in [0.2, 0.25) is 0 Å². The quantitative estimate of drug-likeness (QED) is 0.857. The maximum absolute atomic E-state index is 12.2. The van der Waals surface area contributed by atoms with E-state index >= 15 is 0 Å². The van der Waals surface area contributed by atoms with Gasteiger partial charge in [-0.25, -0.2) is 0 Å². The number of benzene rings is 1. The van der Waals surface area contributed by atoms with Gasteiger partial charge in [-0.3, -0.25) is 4.79 Å². The molecule has 2 N–H and O–H groups in total. The fraction of sp³-hybridized carbons (Fsp3) is 0.312. The molecule has 0 aliphatic heterocycles. The molecule has 1 aliphatic carbocycles. The van der Waals surface area contributed by atoms with Crippen LogP contribution in [0, 0.1) is 0 Å². The Morgan fingerprint density at radius 2 is 2.05 bits per heavy atom. The molecule has 2 aromatic rings. The highest BCUT2D eigenvalue weighted by Crippen LogP contribution is 2.25. The Balaban J connectivity index is 1.68. The van der Waals surface area contributed by atoms with E-state index in [0.717, 1.165) is 12.8 Å². The Kier molecular flexibility index (Phi) is 4.18. The van der Waals surface area contributed by atoms with Crippen LogP contribution in [0.1, 0.15) is 30.3 Å². The van der Waals surface area contributed by atoms with Crippen molar-refractivity contribution in [1.82, 2.24) is 10.2 Å². The number of para-hydroxylation sites is 2. The summed E-state index contributed by atoms with van der Waals surface area (Å²) in [6.45, 7) is 2.43. The molecule has 1 heterocycles. The molecule has 114 valence electrons. The van der Waals surface area contributed by atoms with Gasteiger partial charge in [0.1, 0.15) is 11.6 Å². The zero-order valence-corrected chi connectivity index (χ0v) is 12.4. The average molecular weight is 298 g/mol. The van der Waals surface area contributed by atoms with Crippen molar-refractivity contribution in [3.63, 3.8) is 0 Å². The lowest BCUT2D eigenvalue weighted by molar-refractivity contribution is 0.102. The summed E-state index contributed by atoms with van der Waals surface area (Å²) in [6, 6.07) is 11.2. The second-order valence-electron chi connectivity index (χ2n) is 5.11. The topological polar surface area (TPSA) is 76.1 Å². The predicted octanol–water partition coefficient (Wildman–Crippen LogP) is 2.70. The smallest absolute Gasteiger partial charge is 0.276 e. The number of aromatic nitrogens is 2. The molecule has 1 aromatic heterocycles. The van der Waals surface area contributed by atoms with Crippen LogP contribution in [-0.4, -0.2) is 28.8 Å². The van der Waals surface area contributed by atoms with Gasteiger partial charge >= 0.3 is 0 Å². The van der Waals surface area contributed by atoms with Crippen molar-refractivity contribution >= 4 is 17.4 Å². The number of nitrogens with zero attached hydrogens (tertiary/aromatic N) is 2. The molecule has 0 saturated heterocycles. The predicted molar refractivity (Wildman–Crippen MR) is 84.2 cm³/mol. The minimum Gasteiger partial charge on any atom is -0.492 e. The first-order valence-corrected chi connectivity index (χ1v) is 7.39. The third-order valence-electron chi connectivity index (χ3n) is 3.26. The van der Waals surface area contributed by atoms with E-state index in [1.54, 1.807) is 18.2 Å². The summed E-state index contributed by atoms with van der Waals surface area (Å²) in [7, 11) is 0. The van der Waals surface area contributed by atoms with E-state index in [9.17, 15) is 4.79 Å². The van der Waals surface area contributed by atoms with Gasteiger partial charge in [0, 0.05) is 6.04 Å². The number of nitrogens with one attached hydrogen (secondary N) is 2. The van der Waals surface area contributed by atoms with Gasteiger partial charge in [-0.15, -0.1) is 10.2 Å². The molecule has 22 heavy (non-hydrogen) atoms. The van der Waals surface area contributed by atoms with Gasteiger partial charge in [-0.2, -0.15) is 0 Å². The van der Waals surface area contributed by atoms with Crippen molar-refractivity contribution < 1.29 is 9.53 Å². The summed E-state index contributed by atoms with van der Waals surface area (Å²) in [6.07, 6.45) is 2.33. The monoisotopic (exact) mass is 298 g/mol. The van der Waals surface area contributed by atoms with Crippen molar-refractivity contribution in [3.8, 4) is 5.75 Å². The Bertz CT molecular complexity index is 653. The molecule has 6 nitrogen and oxygen atoms in total. The van der Waals surface area contributed by atoms with E-state index in [-0.39, 0.29) is 11.6 Å². The summed E-state index contributed by atoms with van der Waals surface area (Å²) in [5, 5.41) is 14.0. The number of hydrogen-bond donors (Lipinski definition) is 2. The van der Waals surface area contributed by atoms with Crippen LogP contribution < -0.4 is 15.4 Å². The van der Waals surface area contributed by atoms with Crippen molar-refractivity contribution in [1.29, 1.82) is 0 Å². The first-order valence-electron chi connectivity index (χ1n) is 7.39. The van der Waals surface area contributed by atoms with Crippen molar-refractivity contribution in [2.24, 2.45) is 0 Å². The molecule has 0 spiro atoms. The molecule has 0 unspecified atom stereocenters. The maximum atomic E-state index is 12.2. The minimum absolute atomic E-state index is 0.271. The van der Waals surface area contributed by atoms with Crippen LogP contribution in [0.15, 0.2) is 36.4 Å². The zero-order chi connectivity index (χ0) is 15.4. The van der Waals surface area contributed by atoms with Crippen molar-refractivity contribution in [2.75, 3.05) is 17.2 Å². The van der Waals surface area contributed by atoms with Gasteiger partial charge in [-0.05, 0) is 44.0 Å². The fourth-order valence-electron chi connectivity index (χ4n) is 2.00. The van der Waals surface area contributed by atoms with Crippen molar-refractivity contribution in [3.05, 3.63) is 42.1 Å². The summed E-state index contributed by atoms with van der Waals surface area (Å²) in [4.78, 5) is 12.2. The molecule has 1 aromatic carbocycles. The number of hydrogen-bond acceptors (Lipinski definition) is 5. The molecule has 1 saturated carbocycles. The van der Waals surface area contributed by atoms with Crippen LogP contribution in [0.25, 0.3) is 0 Å². The first kappa shape index (κ1) is 14.3. The molecule has 1 aliphatic rings. The molecule has 1 amide bonds. The fourth-order valence-corrected chi connectivity index (χ4v) is 2.00. The SMILES string of the molecule is CCOc1ccccc1NC(=O)c1ccc(NC2CC2)nn1. The number of rotatable bonds is 6. The highest BCUT2D eigenvalue weighted by molar-refractivity contribution is 6.03. The second-order valence-corrected chi connectivity index (χ2v) is 5.11.